The van der Waals surface area contributed by atoms with Gasteiger partial charge in [0.2, 0.25) is 0 Å². The Labute approximate surface area is 84.7 Å². The highest BCUT2D eigenvalue weighted by Crippen LogP contribution is 2.08. The van der Waals surface area contributed by atoms with Gasteiger partial charge in [-0.1, -0.05) is 0 Å². The first-order valence-electron chi connectivity index (χ1n) is 4.07. The van der Waals surface area contributed by atoms with Gasteiger partial charge in [0, 0.05) is 0 Å². The largest absolute Gasteiger partial charge is 0.479 e. The molecule has 0 fully saturated rings. The Morgan fingerprint density at radius 3 is 1.73 bits per heavy atom. The Morgan fingerprint density at radius 2 is 1.40 bits per heavy atom. The maximum atomic E-state index is 10.2. The van der Waals surface area contributed by atoms with Crippen molar-refractivity contribution in [3.8, 4) is 0 Å². The maximum absolute atomic E-state index is 10.2. The molecule has 8 heteroatoms. The van der Waals surface area contributed by atoms with E-state index >= 15 is 0 Å². The Bertz CT molecular complexity index is 207. The topological polar surface area (TPSA) is 159 Å². The van der Waals surface area contributed by atoms with E-state index in [0.717, 1.165) is 0 Å². The van der Waals surface area contributed by atoms with Crippen LogP contribution in [0.4, 0.5) is 0 Å². The fourth-order valence-corrected chi connectivity index (χ4v) is 0.870. The Balaban J connectivity index is 4.42. The van der Waals surface area contributed by atoms with Crippen molar-refractivity contribution < 1.29 is 40.5 Å². The number of rotatable bonds is 6. The first kappa shape index (κ1) is 14.2. The number of aliphatic carboxylic acids is 1. The lowest BCUT2D eigenvalue weighted by atomic mass is 9.99. The molecular formula is C7H14O8. The van der Waals surface area contributed by atoms with E-state index in [4.69, 9.17) is 35.7 Å². The van der Waals surface area contributed by atoms with Crippen LogP contribution in [0.2, 0.25) is 0 Å². The summed E-state index contributed by atoms with van der Waals surface area (Å²) in [6.45, 7) is -0.881. The lowest BCUT2D eigenvalue weighted by Gasteiger charge is -2.26. The van der Waals surface area contributed by atoms with Crippen LogP contribution in [0.25, 0.3) is 0 Å². The summed E-state index contributed by atoms with van der Waals surface area (Å²) in [6.07, 6.45) is -10.2. The molecule has 0 aromatic rings. The lowest BCUT2D eigenvalue weighted by molar-refractivity contribution is -0.169. The monoisotopic (exact) mass is 226 g/mol. The molecule has 0 rings (SSSR count). The molecule has 0 saturated carbocycles. The van der Waals surface area contributed by atoms with Gasteiger partial charge in [0.1, 0.15) is 24.4 Å². The van der Waals surface area contributed by atoms with Gasteiger partial charge in [0.15, 0.2) is 6.10 Å². The molecule has 5 atom stereocenters. The van der Waals surface area contributed by atoms with Crippen molar-refractivity contribution in [2.24, 2.45) is 0 Å². The maximum Gasteiger partial charge on any atom is 0.335 e. The zero-order valence-electron chi connectivity index (χ0n) is 7.63. The molecule has 0 aromatic carbocycles. The van der Waals surface area contributed by atoms with E-state index in [1.54, 1.807) is 0 Å². The average molecular weight is 226 g/mol. The van der Waals surface area contributed by atoms with Gasteiger partial charge in [0.05, 0.1) is 6.61 Å². The molecule has 0 aliphatic rings. The Morgan fingerprint density at radius 1 is 0.933 bits per heavy atom. The predicted molar refractivity (Wildman–Crippen MR) is 44.8 cm³/mol. The summed E-state index contributed by atoms with van der Waals surface area (Å²) in [5.41, 5.74) is 0. The van der Waals surface area contributed by atoms with Crippen LogP contribution in [-0.4, -0.2) is 78.8 Å². The lowest BCUT2D eigenvalue weighted by Crippen LogP contribution is -2.51. The third-order valence-electron chi connectivity index (χ3n) is 1.86. The molecule has 0 spiro atoms. The quantitative estimate of drug-likeness (QED) is 0.240. The summed E-state index contributed by atoms with van der Waals surface area (Å²) in [5, 5.41) is 61.5. The minimum Gasteiger partial charge on any atom is -0.479 e. The SMILES string of the molecule is O=C(O)[C@@H](O)[C@H](O)[C@@H](O)[C@H](O)[C@@H](O)CO. The summed E-state index contributed by atoms with van der Waals surface area (Å²) in [7, 11) is 0. The van der Waals surface area contributed by atoms with Crippen LogP contribution in [0.15, 0.2) is 0 Å². The molecule has 7 N–H and O–H groups in total. The number of aliphatic hydroxyl groups is 6. The van der Waals surface area contributed by atoms with Gasteiger partial charge in [-0.15, -0.1) is 0 Å². The molecule has 0 amide bonds. The summed E-state index contributed by atoms with van der Waals surface area (Å²) in [4.78, 5) is 10.2. The number of carboxylic acids is 1. The average Bonchev–Trinajstić information content (AvgIpc) is 2.23. The van der Waals surface area contributed by atoms with Gasteiger partial charge in [0.25, 0.3) is 0 Å². The van der Waals surface area contributed by atoms with E-state index in [0.29, 0.717) is 0 Å². The standard InChI is InChI=1S/C7H14O8/c8-1-2(9)3(10)4(11)5(12)6(13)7(14)15/h2-6,8-13H,1H2,(H,14,15)/t2-,3+,4-,5+,6-/m0/s1. The van der Waals surface area contributed by atoms with Crippen molar-refractivity contribution in [2.75, 3.05) is 6.61 Å². The van der Waals surface area contributed by atoms with Crippen molar-refractivity contribution >= 4 is 5.97 Å². The third-order valence-corrected chi connectivity index (χ3v) is 1.86. The van der Waals surface area contributed by atoms with Crippen molar-refractivity contribution in [3.05, 3.63) is 0 Å². The van der Waals surface area contributed by atoms with Gasteiger partial charge in [-0.05, 0) is 0 Å². The molecule has 90 valence electrons. The number of hydrogen-bond acceptors (Lipinski definition) is 7. The number of hydrogen-bond donors (Lipinski definition) is 7. The fourth-order valence-electron chi connectivity index (χ4n) is 0.870. The molecule has 0 aliphatic heterocycles. The molecule has 0 aromatic heterocycles. The second-order valence-corrected chi connectivity index (χ2v) is 3.00. The van der Waals surface area contributed by atoms with Crippen molar-refractivity contribution in [1.82, 2.24) is 0 Å². The second-order valence-electron chi connectivity index (χ2n) is 3.00. The fraction of sp³-hybridized carbons (Fsp3) is 0.857. The smallest absolute Gasteiger partial charge is 0.335 e. The highest BCUT2D eigenvalue weighted by Gasteiger charge is 2.36. The molecule has 0 aliphatic carbocycles. The molecular weight excluding hydrogens is 212 g/mol. The molecule has 0 heterocycles. The molecule has 0 unspecified atom stereocenters. The van der Waals surface area contributed by atoms with Crippen LogP contribution >= 0.6 is 0 Å². The van der Waals surface area contributed by atoms with Gasteiger partial charge in [-0.25, -0.2) is 4.79 Å². The third kappa shape index (κ3) is 3.70. The molecule has 0 radical (unpaired) electrons. The summed E-state index contributed by atoms with van der Waals surface area (Å²) in [6, 6.07) is 0. The molecule has 0 bridgehead atoms. The normalized spacial score (nSPS) is 21.5. The van der Waals surface area contributed by atoms with Crippen LogP contribution < -0.4 is 0 Å². The second kappa shape index (κ2) is 5.95. The van der Waals surface area contributed by atoms with Crippen LogP contribution in [0.3, 0.4) is 0 Å². The summed E-state index contributed by atoms with van der Waals surface area (Å²) in [5.74, 6) is -1.78. The van der Waals surface area contributed by atoms with Gasteiger partial charge in [-0.3, -0.25) is 0 Å². The Kier molecular flexibility index (Phi) is 5.65. The van der Waals surface area contributed by atoms with Crippen molar-refractivity contribution in [2.45, 2.75) is 30.5 Å². The molecule has 8 nitrogen and oxygen atoms in total. The zero-order valence-corrected chi connectivity index (χ0v) is 7.63. The van der Waals surface area contributed by atoms with Crippen molar-refractivity contribution in [1.29, 1.82) is 0 Å². The number of carbonyl (C=O) groups is 1. The highest BCUT2D eigenvalue weighted by atomic mass is 16.4. The van der Waals surface area contributed by atoms with E-state index in [1.165, 1.54) is 0 Å². The zero-order chi connectivity index (χ0) is 12.2. The van der Waals surface area contributed by atoms with Crippen LogP contribution in [-0.2, 0) is 4.79 Å². The van der Waals surface area contributed by atoms with E-state index in [2.05, 4.69) is 0 Å². The van der Waals surface area contributed by atoms with E-state index < -0.39 is 43.1 Å². The van der Waals surface area contributed by atoms with E-state index in [9.17, 15) is 4.79 Å². The van der Waals surface area contributed by atoms with Gasteiger partial charge >= 0.3 is 5.97 Å². The number of aliphatic hydroxyl groups excluding tert-OH is 6. The van der Waals surface area contributed by atoms with Crippen LogP contribution in [0.5, 0.6) is 0 Å². The van der Waals surface area contributed by atoms with Crippen LogP contribution in [0.1, 0.15) is 0 Å². The predicted octanol–water partition coefficient (Wildman–Crippen LogP) is -4.13. The number of carboxylic acid groups (broad SMARTS) is 1. The first-order valence-corrected chi connectivity index (χ1v) is 4.07. The minimum atomic E-state index is -2.29. The highest BCUT2D eigenvalue weighted by molar-refractivity contribution is 5.72. The van der Waals surface area contributed by atoms with E-state index in [1.807, 2.05) is 0 Å². The van der Waals surface area contributed by atoms with E-state index in [-0.39, 0.29) is 0 Å². The molecule has 0 saturated heterocycles. The summed E-state index contributed by atoms with van der Waals surface area (Å²) < 4.78 is 0. The van der Waals surface area contributed by atoms with Gasteiger partial charge in [-0.2, -0.15) is 0 Å². The first-order chi connectivity index (χ1) is 6.82. The van der Waals surface area contributed by atoms with Crippen molar-refractivity contribution in [3.63, 3.8) is 0 Å². The van der Waals surface area contributed by atoms with Crippen LogP contribution in [0, 0.1) is 0 Å². The summed E-state index contributed by atoms with van der Waals surface area (Å²) >= 11 is 0. The Hall–Kier alpha value is -0.770. The molecule has 15 heavy (non-hydrogen) atoms. The van der Waals surface area contributed by atoms with Gasteiger partial charge < -0.3 is 35.7 Å². The minimum absolute atomic E-state index is 0.881.